The number of ether oxygens (including phenoxy) is 1. The molecule has 0 fully saturated rings. The minimum absolute atomic E-state index is 0.232. The van der Waals surface area contributed by atoms with Gasteiger partial charge < -0.3 is 23.3 Å². The van der Waals surface area contributed by atoms with Crippen LogP contribution in [-0.4, -0.2) is 53.9 Å². The zero-order valence-corrected chi connectivity index (χ0v) is 19.6. The van der Waals surface area contributed by atoms with Gasteiger partial charge in [-0.1, -0.05) is 40.0 Å². The van der Waals surface area contributed by atoms with Gasteiger partial charge in [-0.15, -0.1) is 0 Å². The van der Waals surface area contributed by atoms with Crippen LogP contribution < -0.4 is 16.2 Å². The van der Waals surface area contributed by atoms with Gasteiger partial charge in [0.1, 0.15) is 0 Å². The number of urea groups is 1. The lowest BCUT2D eigenvalue weighted by Gasteiger charge is -2.30. The molecule has 0 heterocycles. The number of rotatable bonds is 17. The molecule has 0 radical (unpaired) electrons. The predicted molar refractivity (Wildman–Crippen MR) is 114 cm³/mol. The second-order valence-electron chi connectivity index (χ2n) is 6.62. The van der Waals surface area contributed by atoms with Crippen LogP contribution in [0.25, 0.3) is 0 Å². The van der Waals surface area contributed by atoms with Crippen LogP contribution in [0.2, 0.25) is 6.04 Å². The van der Waals surface area contributed by atoms with E-state index in [1.165, 1.54) is 0 Å². The lowest BCUT2D eigenvalue weighted by Crippen LogP contribution is -2.49. The van der Waals surface area contributed by atoms with E-state index < -0.39 is 20.9 Å². The van der Waals surface area contributed by atoms with Gasteiger partial charge in [-0.05, 0) is 32.6 Å². The molecule has 0 aliphatic rings. The van der Waals surface area contributed by atoms with Crippen molar-refractivity contribution in [2.24, 2.45) is 0 Å². The van der Waals surface area contributed by atoms with Crippen LogP contribution in [0.1, 0.15) is 72.6 Å². The molecule has 29 heavy (non-hydrogen) atoms. The molecular formula is C19H41N3O6Si. The number of amides is 3. The van der Waals surface area contributed by atoms with Crippen molar-refractivity contribution in [2.75, 3.05) is 33.0 Å². The standard InChI is InChI=1S/C19H41N3O6Si/c1-5-9-14-26-29(27-15-10-6-2,28-16-11-7-3)17-12-13-20-18(23)21-22-19(24)25-8-4/h5-17H2,1-4H3,(H,22,24)(H2,20,21,23). The number of carbonyl (C=O) groups is 2. The van der Waals surface area contributed by atoms with E-state index in [4.69, 9.17) is 13.3 Å². The Morgan fingerprint density at radius 2 is 1.28 bits per heavy atom. The van der Waals surface area contributed by atoms with Crippen LogP contribution in [0.3, 0.4) is 0 Å². The Morgan fingerprint density at radius 3 is 1.72 bits per heavy atom. The Hall–Kier alpha value is -1.36. The third kappa shape index (κ3) is 15.2. The van der Waals surface area contributed by atoms with Gasteiger partial charge in [0.05, 0.1) is 6.61 Å². The van der Waals surface area contributed by atoms with Crippen LogP contribution in [0, 0.1) is 0 Å². The minimum Gasteiger partial charge on any atom is -0.449 e. The first-order chi connectivity index (χ1) is 14.0. The Balaban J connectivity index is 4.55. The fourth-order valence-corrected chi connectivity index (χ4v) is 4.94. The van der Waals surface area contributed by atoms with Crippen molar-refractivity contribution in [2.45, 2.75) is 78.7 Å². The normalized spacial score (nSPS) is 11.2. The molecule has 0 unspecified atom stereocenters. The fraction of sp³-hybridized carbons (Fsp3) is 0.895. The molecule has 0 aromatic carbocycles. The van der Waals surface area contributed by atoms with Gasteiger partial charge in [0.2, 0.25) is 0 Å². The monoisotopic (exact) mass is 435 g/mol. The van der Waals surface area contributed by atoms with E-state index >= 15 is 0 Å². The summed E-state index contributed by atoms with van der Waals surface area (Å²) in [4.78, 5) is 22.9. The Bertz CT molecular complexity index is 402. The number of carbonyl (C=O) groups excluding carboxylic acids is 2. The molecule has 0 aromatic heterocycles. The fourth-order valence-electron chi connectivity index (χ4n) is 2.28. The summed E-state index contributed by atoms with van der Waals surface area (Å²) in [7, 11) is -2.79. The van der Waals surface area contributed by atoms with Crippen molar-refractivity contribution in [3.05, 3.63) is 0 Å². The number of nitrogens with one attached hydrogen (secondary N) is 3. The van der Waals surface area contributed by atoms with Crippen molar-refractivity contribution in [3.8, 4) is 0 Å². The molecule has 3 N–H and O–H groups in total. The lowest BCUT2D eigenvalue weighted by atomic mass is 10.4. The van der Waals surface area contributed by atoms with E-state index in [9.17, 15) is 9.59 Å². The lowest BCUT2D eigenvalue weighted by molar-refractivity contribution is 0.0558. The molecule has 0 rings (SSSR count). The molecule has 0 bridgehead atoms. The van der Waals surface area contributed by atoms with E-state index in [-0.39, 0.29) is 6.61 Å². The summed E-state index contributed by atoms with van der Waals surface area (Å²) in [5, 5.41) is 2.69. The van der Waals surface area contributed by atoms with Gasteiger partial charge in [0.15, 0.2) is 0 Å². The zero-order valence-electron chi connectivity index (χ0n) is 18.6. The average Bonchev–Trinajstić information content (AvgIpc) is 2.70. The second kappa shape index (κ2) is 18.7. The molecule has 10 heteroatoms. The summed E-state index contributed by atoms with van der Waals surface area (Å²) < 4.78 is 23.2. The number of unbranched alkanes of at least 4 members (excludes halogenated alkanes) is 3. The molecule has 172 valence electrons. The van der Waals surface area contributed by atoms with Crippen molar-refractivity contribution < 1.29 is 27.6 Å². The number of hydrogen-bond donors (Lipinski definition) is 3. The van der Waals surface area contributed by atoms with Crippen LogP contribution in [0.15, 0.2) is 0 Å². The highest BCUT2D eigenvalue weighted by Crippen LogP contribution is 2.20. The van der Waals surface area contributed by atoms with Crippen LogP contribution in [0.4, 0.5) is 9.59 Å². The predicted octanol–water partition coefficient (Wildman–Crippen LogP) is 3.73. The second-order valence-corrected chi connectivity index (χ2v) is 9.35. The van der Waals surface area contributed by atoms with Gasteiger partial charge >= 0.3 is 20.9 Å². The molecule has 3 amide bonds. The van der Waals surface area contributed by atoms with Crippen molar-refractivity contribution in [3.63, 3.8) is 0 Å². The highest BCUT2D eigenvalue weighted by Gasteiger charge is 2.40. The molecule has 0 aromatic rings. The summed E-state index contributed by atoms with van der Waals surface area (Å²) in [5.41, 5.74) is 4.39. The van der Waals surface area contributed by atoms with Crippen LogP contribution in [-0.2, 0) is 18.0 Å². The maximum atomic E-state index is 11.7. The maximum absolute atomic E-state index is 11.7. The van der Waals surface area contributed by atoms with Gasteiger partial charge in [-0.3, -0.25) is 0 Å². The summed E-state index contributed by atoms with van der Waals surface area (Å²) in [6.45, 7) is 10.6. The molecule has 0 spiro atoms. The van der Waals surface area contributed by atoms with Gasteiger partial charge in [0.25, 0.3) is 0 Å². The van der Waals surface area contributed by atoms with E-state index in [0.717, 1.165) is 38.5 Å². The largest absolute Gasteiger partial charge is 0.501 e. The first-order valence-corrected chi connectivity index (χ1v) is 12.8. The maximum Gasteiger partial charge on any atom is 0.501 e. The molecule has 0 saturated heterocycles. The molecule has 9 nitrogen and oxygen atoms in total. The van der Waals surface area contributed by atoms with Gasteiger partial charge in [-0.2, -0.15) is 0 Å². The minimum atomic E-state index is -2.79. The molecule has 0 atom stereocenters. The Morgan fingerprint density at radius 1 is 0.759 bits per heavy atom. The summed E-state index contributed by atoms with van der Waals surface area (Å²) in [5.74, 6) is 0. The summed E-state index contributed by atoms with van der Waals surface area (Å²) in [6.07, 6.45) is 5.97. The highest BCUT2D eigenvalue weighted by atomic mass is 28.4. The first kappa shape index (κ1) is 27.6. The van der Waals surface area contributed by atoms with Crippen LogP contribution >= 0.6 is 0 Å². The molecule has 0 saturated carbocycles. The van der Waals surface area contributed by atoms with E-state index in [1.54, 1.807) is 6.92 Å². The highest BCUT2D eigenvalue weighted by molar-refractivity contribution is 6.60. The zero-order chi connectivity index (χ0) is 21.8. The van der Waals surface area contributed by atoms with Crippen molar-refractivity contribution >= 4 is 20.9 Å². The van der Waals surface area contributed by atoms with E-state index in [2.05, 4.69) is 41.7 Å². The third-order valence-corrected chi connectivity index (χ3v) is 6.86. The average molecular weight is 436 g/mol. The van der Waals surface area contributed by atoms with Crippen molar-refractivity contribution in [1.82, 2.24) is 16.2 Å². The summed E-state index contributed by atoms with van der Waals surface area (Å²) >= 11 is 0. The van der Waals surface area contributed by atoms with E-state index in [1.807, 2.05) is 0 Å². The topological polar surface area (TPSA) is 107 Å². The Labute approximate surface area is 176 Å². The van der Waals surface area contributed by atoms with Crippen molar-refractivity contribution in [1.29, 1.82) is 0 Å². The number of hydrazine groups is 1. The van der Waals surface area contributed by atoms with Gasteiger partial charge in [-0.25, -0.2) is 20.4 Å². The number of hydrogen-bond acceptors (Lipinski definition) is 6. The third-order valence-electron chi connectivity index (χ3n) is 3.96. The SMILES string of the molecule is CCCCO[Si](CCCNC(=O)NNC(=O)OCC)(OCCCC)OCCCC. The molecule has 0 aliphatic heterocycles. The van der Waals surface area contributed by atoms with Gasteiger partial charge in [0, 0.05) is 32.4 Å². The van der Waals surface area contributed by atoms with E-state index in [0.29, 0.717) is 38.8 Å². The van der Waals surface area contributed by atoms with Crippen LogP contribution in [0.5, 0.6) is 0 Å². The molecular weight excluding hydrogens is 394 g/mol. The Kier molecular flexibility index (Phi) is 17.8. The molecule has 0 aliphatic carbocycles. The smallest absolute Gasteiger partial charge is 0.449 e. The summed E-state index contributed by atoms with van der Waals surface area (Å²) in [6, 6.07) is 0.131. The first-order valence-electron chi connectivity index (χ1n) is 10.9. The quantitative estimate of drug-likeness (QED) is 0.183.